The molecule has 4 aromatic heterocycles. The number of hydrogen-bond donors (Lipinski definition) is 0. The van der Waals surface area contributed by atoms with Crippen LogP contribution in [-0.4, -0.2) is 19.1 Å². The Hall–Kier alpha value is -5.32. The summed E-state index contributed by atoms with van der Waals surface area (Å²) >= 11 is 0. The molecule has 0 spiro atoms. The first kappa shape index (κ1) is 34.0. The largest absolute Gasteiger partial charge is 0.508 e. The molecule has 0 radical (unpaired) electrons. The van der Waals surface area contributed by atoms with Crippen molar-refractivity contribution in [3.05, 3.63) is 157 Å². The second-order valence-corrected chi connectivity index (χ2v) is 15.6. The average Bonchev–Trinajstić information content (AvgIpc) is 3.84. The molecule has 56 heavy (non-hydrogen) atoms. The molecule has 286 valence electrons. The van der Waals surface area contributed by atoms with Gasteiger partial charge >= 0.3 is 0 Å². The second-order valence-electron chi connectivity index (χ2n) is 15.6. The molecule has 8 aromatic rings. The van der Waals surface area contributed by atoms with Gasteiger partial charge in [0.2, 0.25) is 0 Å². The van der Waals surface area contributed by atoms with Crippen molar-refractivity contribution in [3.63, 3.8) is 0 Å². The molecule has 7 heteroatoms. The summed E-state index contributed by atoms with van der Waals surface area (Å²) in [6.07, 6.45) is 8.68. The van der Waals surface area contributed by atoms with Crippen molar-refractivity contribution in [3.8, 4) is 39.8 Å². The molecular weight excluding hydrogens is 870 g/mol. The first-order chi connectivity index (χ1) is 28.0. The normalized spacial score (nSPS) is 13.4. The summed E-state index contributed by atoms with van der Waals surface area (Å²) in [6.45, 7) is 13.9. The van der Waals surface area contributed by atoms with Crippen LogP contribution in [0.2, 0.25) is 0 Å². The van der Waals surface area contributed by atoms with E-state index in [-0.39, 0.29) is 38.3 Å². The summed E-state index contributed by atoms with van der Waals surface area (Å²) < 4.78 is 47.3. The molecule has 0 fully saturated rings. The minimum absolute atomic E-state index is 0. The van der Waals surface area contributed by atoms with Crippen LogP contribution in [0.15, 0.2) is 122 Å². The second kappa shape index (κ2) is 16.0. The van der Waals surface area contributed by atoms with E-state index in [1.807, 2.05) is 46.0 Å². The van der Waals surface area contributed by atoms with Gasteiger partial charge in [0.1, 0.15) is 5.82 Å². The van der Waals surface area contributed by atoms with Gasteiger partial charge in [-0.3, -0.25) is 4.57 Å². The molecule has 4 aromatic carbocycles. The van der Waals surface area contributed by atoms with E-state index in [1.165, 1.54) is 5.56 Å². The van der Waals surface area contributed by atoms with Gasteiger partial charge in [-0.25, -0.2) is 4.98 Å². The minimum Gasteiger partial charge on any atom is -0.508 e. The summed E-state index contributed by atoms with van der Waals surface area (Å²) in [5, 5.41) is 2.10. The van der Waals surface area contributed by atoms with Gasteiger partial charge in [-0.2, -0.15) is 6.07 Å². The van der Waals surface area contributed by atoms with Gasteiger partial charge in [-0.05, 0) is 94.3 Å². The Morgan fingerprint density at radius 3 is 2.25 bits per heavy atom. The van der Waals surface area contributed by atoms with Gasteiger partial charge in [-0.1, -0.05) is 120 Å². The summed E-state index contributed by atoms with van der Waals surface area (Å²) in [5.74, 6) is 1.03. The predicted molar refractivity (Wildman–Crippen MR) is 221 cm³/mol. The van der Waals surface area contributed by atoms with Crippen LogP contribution in [0.4, 0.5) is 0 Å². The zero-order valence-electron chi connectivity index (χ0n) is 36.7. The van der Waals surface area contributed by atoms with Crippen LogP contribution in [0.3, 0.4) is 0 Å². The van der Waals surface area contributed by atoms with E-state index >= 15 is 0 Å². The summed E-state index contributed by atoms with van der Waals surface area (Å²) in [4.78, 5) is 9.32. The maximum Gasteiger partial charge on any atom is 0.267 e. The fourth-order valence-corrected chi connectivity index (χ4v) is 6.88. The molecule has 0 N–H and O–H groups in total. The van der Waals surface area contributed by atoms with E-state index in [2.05, 4.69) is 109 Å². The number of rotatable bonds is 10. The molecule has 6 nitrogen and oxygen atoms in total. The van der Waals surface area contributed by atoms with Crippen LogP contribution in [0.25, 0.3) is 50.1 Å². The summed E-state index contributed by atoms with van der Waals surface area (Å²) in [6, 6.07) is 37.1. The molecule has 0 aliphatic carbocycles. The smallest absolute Gasteiger partial charge is 0.267 e. The van der Waals surface area contributed by atoms with Crippen LogP contribution in [-0.2, 0) is 39.2 Å². The average molecular weight is 921 g/mol. The van der Waals surface area contributed by atoms with Gasteiger partial charge in [0.05, 0.1) is 5.69 Å². The van der Waals surface area contributed by atoms with Crippen molar-refractivity contribution in [2.45, 2.75) is 66.6 Å². The fraction of sp³-hybridized carbons (Fsp3) is 0.245. The molecular formula is C49H47N5OPt-2. The Bertz CT molecular complexity index is 2790. The number of hydrogen-bond acceptors (Lipinski definition) is 3. The number of nitrogens with zero attached hydrogens (tertiary/aromatic N) is 5. The van der Waals surface area contributed by atoms with Gasteiger partial charge in [0.15, 0.2) is 0 Å². The Kier molecular flexibility index (Phi) is 9.73. The van der Waals surface area contributed by atoms with E-state index in [0.29, 0.717) is 34.0 Å². The molecule has 0 unspecified atom stereocenters. The first-order valence-electron chi connectivity index (χ1n) is 20.8. The van der Waals surface area contributed by atoms with E-state index in [4.69, 9.17) is 15.2 Å². The van der Waals surface area contributed by atoms with Gasteiger partial charge < -0.3 is 18.9 Å². The van der Waals surface area contributed by atoms with Crippen molar-refractivity contribution in [2.24, 2.45) is 11.8 Å². The Morgan fingerprint density at radius 1 is 0.786 bits per heavy atom. The number of pyridine rings is 2. The Balaban J connectivity index is 0.00000544. The molecule has 0 saturated heterocycles. The quantitative estimate of drug-likeness (QED) is 0.101. The number of imidazole rings is 1. The van der Waals surface area contributed by atoms with Gasteiger partial charge in [0.25, 0.3) is 6.33 Å². The van der Waals surface area contributed by atoms with Gasteiger partial charge in [-0.15, -0.1) is 23.6 Å². The monoisotopic (exact) mass is 920 g/mol. The SMILES string of the molecule is [2H]C([2H])(c1cc(-[n+]2[c-]n(-c3[c-]c(Oc4[c-]c5c(cc4)c4cc(-c6ccccc6)ccc4n5-c4cc(C(C)(C)C)ccn4)cnc3)cc2)cc(C([2H])([2H])C(C)C)c1)C(C)C.[Pt]. The molecule has 0 bridgehead atoms. The van der Waals surface area contributed by atoms with Crippen LogP contribution in [0, 0.1) is 30.3 Å². The van der Waals surface area contributed by atoms with Gasteiger partial charge in [0, 0.05) is 62.2 Å². The van der Waals surface area contributed by atoms with Crippen molar-refractivity contribution in [1.29, 1.82) is 0 Å². The zero-order valence-corrected chi connectivity index (χ0v) is 34.9. The molecule has 4 heterocycles. The molecule has 0 aliphatic rings. The third kappa shape index (κ3) is 8.27. The third-order valence-electron chi connectivity index (χ3n) is 9.40. The molecule has 0 amide bonds. The molecule has 0 atom stereocenters. The fourth-order valence-electron chi connectivity index (χ4n) is 6.88. The summed E-state index contributed by atoms with van der Waals surface area (Å²) in [5.41, 5.74) is 7.21. The minimum atomic E-state index is -1.67. The number of fused-ring (bicyclic) bond motifs is 3. The van der Waals surface area contributed by atoms with Crippen molar-refractivity contribution in [1.82, 2.24) is 19.1 Å². The molecule has 0 aliphatic heterocycles. The first-order valence-corrected chi connectivity index (χ1v) is 18.8. The number of aromatic nitrogens is 5. The Morgan fingerprint density at radius 2 is 1.54 bits per heavy atom. The van der Waals surface area contributed by atoms with Crippen molar-refractivity contribution in [2.75, 3.05) is 0 Å². The number of ether oxygens (including phenoxy) is 1. The van der Waals surface area contributed by atoms with Crippen LogP contribution >= 0.6 is 0 Å². The topological polar surface area (TPSA) is 48.8 Å². The maximum absolute atomic E-state index is 8.83. The van der Waals surface area contributed by atoms with Crippen LogP contribution < -0.4 is 9.30 Å². The third-order valence-corrected chi connectivity index (χ3v) is 9.40. The molecule has 8 rings (SSSR count). The van der Waals surface area contributed by atoms with Crippen LogP contribution in [0.1, 0.15) is 70.6 Å². The van der Waals surface area contributed by atoms with E-state index in [1.54, 1.807) is 52.1 Å². The standard InChI is InChI=1S/C49H47N5O.Pt/c1-33(2)21-35-23-36(22-34(3)4)25-40(24-35)52-19-20-53(32-52)41-28-43(31-50-30-41)55-42-14-15-44-45-26-38(37-11-9-8-10-12-37)13-16-46(45)54(47(44)29-42)48-27-39(17-18-51-48)49(5,6)7;/h8-20,23-27,30-31,33-34H,21-22H2,1-7H3;/q-2;/i21D2,22D2;. The van der Waals surface area contributed by atoms with E-state index in [9.17, 15) is 0 Å². The van der Waals surface area contributed by atoms with Crippen molar-refractivity contribution < 1.29 is 35.9 Å². The summed E-state index contributed by atoms with van der Waals surface area (Å²) in [7, 11) is 0. The number of benzene rings is 4. The predicted octanol–water partition coefficient (Wildman–Crippen LogP) is 11.2. The zero-order chi connectivity index (χ0) is 41.9. The van der Waals surface area contributed by atoms with E-state index < -0.39 is 12.7 Å². The Labute approximate surface area is 350 Å². The van der Waals surface area contributed by atoms with Crippen LogP contribution in [0.5, 0.6) is 11.5 Å². The van der Waals surface area contributed by atoms with E-state index in [0.717, 1.165) is 38.8 Å². The maximum atomic E-state index is 8.83. The van der Waals surface area contributed by atoms with Crippen molar-refractivity contribution >= 4 is 21.8 Å². The molecule has 0 saturated carbocycles.